The van der Waals surface area contributed by atoms with Crippen LogP contribution < -0.4 is 10.5 Å². The zero-order valence-corrected chi connectivity index (χ0v) is 12.5. The standard InChI is InChI=1S/C15H14N4OS/c1-8-18-13-12(9-3-5-10(21-2)6-4-9)11(7-16)14(17)20-15(13)19-8/h3-6,12H,17H2,1-2H3,(H,18,19). The summed E-state index contributed by atoms with van der Waals surface area (Å²) in [5.41, 5.74) is 8.04. The molecule has 21 heavy (non-hydrogen) atoms. The van der Waals surface area contributed by atoms with Crippen LogP contribution in [0.25, 0.3) is 0 Å². The molecule has 1 aliphatic heterocycles. The molecule has 1 aliphatic rings. The first kappa shape index (κ1) is 13.6. The second kappa shape index (κ2) is 5.19. The van der Waals surface area contributed by atoms with Gasteiger partial charge in [-0.1, -0.05) is 12.1 Å². The lowest BCUT2D eigenvalue weighted by Crippen LogP contribution is -2.21. The van der Waals surface area contributed by atoms with Crippen molar-refractivity contribution in [2.75, 3.05) is 6.26 Å². The van der Waals surface area contributed by atoms with Crippen molar-refractivity contribution in [1.82, 2.24) is 9.97 Å². The van der Waals surface area contributed by atoms with Crippen molar-refractivity contribution in [1.29, 1.82) is 5.26 Å². The number of nitrogens with zero attached hydrogens (tertiary/aromatic N) is 2. The summed E-state index contributed by atoms with van der Waals surface area (Å²) in [7, 11) is 0. The Balaban J connectivity index is 2.14. The van der Waals surface area contributed by atoms with Crippen molar-refractivity contribution in [2.45, 2.75) is 17.7 Å². The second-order valence-corrected chi connectivity index (χ2v) is 5.62. The van der Waals surface area contributed by atoms with Crippen LogP contribution in [0, 0.1) is 18.3 Å². The smallest absolute Gasteiger partial charge is 0.243 e. The average Bonchev–Trinajstić information content (AvgIpc) is 2.85. The van der Waals surface area contributed by atoms with Crippen molar-refractivity contribution < 1.29 is 4.74 Å². The number of fused-ring (bicyclic) bond motifs is 1. The molecule has 0 fully saturated rings. The zero-order chi connectivity index (χ0) is 15.0. The number of H-pyrrole nitrogens is 1. The summed E-state index contributed by atoms with van der Waals surface area (Å²) in [6.07, 6.45) is 2.03. The van der Waals surface area contributed by atoms with Gasteiger partial charge in [0.1, 0.15) is 17.5 Å². The fourth-order valence-corrected chi connectivity index (χ4v) is 2.87. The highest BCUT2D eigenvalue weighted by atomic mass is 32.2. The number of hydrogen-bond acceptors (Lipinski definition) is 5. The predicted molar refractivity (Wildman–Crippen MR) is 80.8 cm³/mol. The Morgan fingerprint density at radius 3 is 2.71 bits per heavy atom. The SMILES string of the molecule is CSc1ccc(C2C(C#N)=C(N)Oc3nc(C)[nH]c32)cc1. The molecule has 5 nitrogen and oxygen atoms in total. The number of nitrogens with two attached hydrogens (primary N) is 1. The quantitative estimate of drug-likeness (QED) is 0.832. The van der Waals surface area contributed by atoms with E-state index >= 15 is 0 Å². The van der Waals surface area contributed by atoms with Gasteiger partial charge in [0, 0.05) is 4.90 Å². The first-order chi connectivity index (χ1) is 10.1. The van der Waals surface area contributed by atoms with Gasteiger partial charge in [0.15, 0.2) is 0 Å². The summed E-state index contributed by atoms with van der Waals surface area (Å²) in [4.78, 5) is 8.62. The molecule has 0 bridgehead atoms. The molecule has 3 rings (SSSR count). The summed E-state index contributed by atoms with van der Waals surface area (Å²) in [6.45, 7) is 1.85. The highest BCUT2D eigenvalue weighted by molar-refractivity contribution is 7.98. The maximum Gasteiger partial charge on any atom is 0.243 e. The first-order valence-corrected chi connectivity index (χ1v) is 7.64. The number of thioether (sulfide) groups is 1. The van der Waals surface area contributed by atoms with Crippen LogP contribution in [0.4, 0.5) is 0 Å². The van der Waals surface area contributed by atoms with Crippen LogP contribution >= 0.6 is 11.8 Å². The molecule has 0 amide bonds. The summed E-state index contributed by atoms with van der Waals surface area (Å²) >= 11 is 1.67. The Hall–Kier alpha value is -2.39. The number of aromatic nitrogens is 2. The van der Waals surface area contributed by atoms with E-state index in [2.05, 4.69) is 16.0 Å². The van der Waals surface area contributed by atoms with E-state index in [-0.39, 0.29) is 11.8 Å². The Bertz CT molecular complexity index is 755. The van der Waals surface area contributed by atoms with Gasteiger partial charge in [-0.3, -0.25) is 0 Å². The molecule has 1 aromatic carbocycles. The Morgan fingerprint density at radius 1 is 1.38 bits per heavy atom. The number of benzene rings is 1. The molecular weight excluding hydrogens is 284 g/mol. The van der Waals surface area contributed by atoms with Gasteiger partial charge < -0.3 is 15.5 Å². The minimum atomic E-state index is -0.268. The molecule has 1 unspecified atom stereocenters. The molecule has 0 radical (unpaired) electrons. The Labute approximate surface area is 126 Å². The van der Waals surface area contributed by atoms with E-state index in [1.807, 2.05) is 37.4 Å². The highest BCUT2D eigenvalue weighted by Crippen LogP contribution is 2.40. The highest BCUT2D eigenvalue weighted by Gasteiger charge is 2.33. The van der Waals surface area contributed by atoms with Crippen molar-refractivity contribution in [3.63, 3.8) is 0 Å². The van der Waals surface area contributed by atoms with Crippen LogP contribution in [0.2, 0.25) is 0 Å². The number of aryl methyl sites for hydroxylation is 1. The lowest BCUT2D eigenvalue weighted by atomic mass is 9.88. The van der Waals surface area contributed by atoms with E-state index in [0.717, 1.165) is 17.1 Å². The van der Waals surface area contributed by atoms with Crippen molar-refractivity contribution >= 4 is 11.8 Å². The molecule has 0 saturated carbocycles. The minimum Gasteiger partial charge on any atom is -0.420 e. The normalized spacial score (nSPS) is 17.1. The molecule has 6 heteroatoms. The van der Waals surface area contributed by atoms with Gasteiger partial charge in [-0.15, -0.1) is 11.8 Å². The van der Waals surface area contributed by atoms with Crippen LogP contribution in [-0.2, 0) is 0 Å². The van der Waals surface area contributed by atoms with E-state index in [4.69, 9.17) is 10.5 Å². The lowest BCUT2D eigenvalue weighted by molar-refractivity contribution is 0.379. The summed E-state index contributed by atoms with van der Waals surface area (Å²) in [6, 6.07) is 10.2. The number of rotatable bonds is 2. The van der Waals surface area contributed by atoms with Crippen molar-refractivity contribution in [3.8, 4) is 11.9 Å². The van der Waals surface area contributed by atoms with Crippen molar-refractivity contribution in [3.05, 3.63) is 52.8 Å². The van der Waals surface area contributed by atoms with Gasteiger partial charge in [-0.25, -0.2) is 0 Å². The Kier molecular flexibility index (Phi) is 3.35. The molecule has 2 aromatic rings. The Morgan fingerprint density at radius 2 is 2.10 bits per heavy atom. The number of nitriles is 1. The van der Waals surface area contributed by atoms with Gasteiger partial charge in [-0.2, -0.15) is 10.2 Å². The number of hydrogen-bond donors (Lipinski definition) is 2. The number of aromatic amines is 1. The lowest BCUT2D eigenvalue weighted by Gasteiger charge is -2.22. The fourth-order valence-electron chi connectivity index (χ4n) is 2.46. The number of imidazole rings is 1. The van der Waals surface area contributed by atoms with Gasteiger partial charge >= 0.3 is 0 Å². The average molecular weight is 298 g/mol. The minimum absolute atomic E-state index is 0.121. The molecule has 0 saturated heterocycles. The third kappa shape index (κ3) is 2.26. The van der Waals surface area contributed by atoms with Gasteiger partial charge in [0.25, 0.3) is 0 Å². The summed E-state index contributed by atoms with van der Waals surface area (Å²) < 4.78 is 5.44. The second-order valence-electron chi connectivity index (χ2n) is 4.74. The van der Waals surface area contributed by atoms with Crippen LogP contribution in [0.15, 0.2) is 40.6 Å². The number of ether oxygens (including phenoxy) is 1. The number of nitrogens with one attached hydrogen (secondary N) is 1. The summed E-state index contributed by atoms with van der Waals surface area (Å²) in [5.74, 6) is 1.03. The molecule has 1 atom stereocenters. The van der Waals surface area contributed by atoms with Crippen LogP contribution in [0.3, 0.4) is 0 Å². The topological polar surface area (TPSA) is 87.7 Å². The molecule has 3 N–H and O–H groups in total. The molecule has 0 aliphatic carbocycles. The zero-order valence-electron chi connectivity index (χ0n) is 11.7. The summed E-state index contributed by atoms with van der Waals surface area (Å²) in [5, 5.41) is 9.42. The van der Waals surface area contributed by atoms with Gasteiger partial charge in [0.05, 0.1) is 11.6 Å². The van der Waals surface area contributed by atoms with E-state index in [9.17, 15) is 5.26 Å². The number of allylic oxidation sites excluding steroid dienone is 1. The van der Waals surface area contributed by atoms with E-state index in [1.165, 1.54) is 4.90 Å². The first-order valence-electron chi connectivity index (χ1n) is 6.42. The molecule has 2 heterocycles. The largest absolute Gasteiger partial charge is 0.420 e. The monoisotopic (exact) mass is 298 g/mol. The molecule has 1 aromatic heterocycles. The van der Waals surface area contributed by atoms with Crippen LogP contribution in [0.5, 0.6) is 5.88 Å². The fraction of sp³-hybridized carbons (Fsp3) is 0.200. The molecular formula is C15H14N4OS. The van der Waals surface area contributed by atoms with Crippen LogP contribution in [-0.4, -0.2) is 16.2 Å². The van der Waals surface area contributed by atoms with E-state index in [0.29, 0.717) is 11.5 Å². The third-order valence-corrected chi connectivity index (χ3v) is 4.18. The van der Waals surface area contributed by atoms with Crippen LogP contribution in [0.1, 0.15) is 23.0 Å². The van der Waals surface area contributed by atoms with Gasteiger partial charge in [0.2, 0.25) is 11.8 Å². The maximum atomic E-state index is 9.42. The predicted octanol–water partition coefficient (Wildman–Crippen LogP) is 2.66. The molecule has 0 spiro atoms. The molecule has 106 valence electrons. The third-order valence-electron chi connectivity index (χ3n) is 3.43. The van der Waals surface area contributed by atoms with Gasteiger partial charge in [-0.05, 0) is 30.9 Å². The van der Waals surface area contributed by atoms with Crippen molar-refractivity contribution in [2.24, 2.45) is 5.73 Å². The van der Waals surface area contributed by atoms with E-state index in [1.54, 1.807) is 11.8 Å². The van der Waals surface area contributed by atoms with E-state index < -0.39 is 0 Å². The maximum absolute atomic E-state index is 9.42.